The van der Waals surface area contributed by atoms with Gasteiger partial charge < -0.3 is 4.74 Å². The van der Waals surface area contributed by atoms with Gasteiger partial charge in [0, 0.05) is 0 Å². The van der Waals surface area contributed by atoms with Crippen LogP contribution in [0.25, 0.3) is 0 Å². The first kappa shape index (κ1) is 9.34. The lowest BCUT2D eigenvalue weighted by molar-refractivity contribution is 0.0439. The molecular formula is C11H10O2. The molecule has 0 amide bonds. The number of hydrogen-bond donors (Lipinski definition) is 0. The minimum absolute atomic E-state index is 0.383. The van der Waals surface area contributed by atoms with Crippen LogP contribution in [0.1, 0.15) is 17.3 Å². The zero-order valence-electron chi connectivity index (χ0n) is 7.36. The topological polar surface area (TPSA) is 26.3 Å². The van der Waals surface area contributed by atoms with Gasteiger partial charge in [-0.1, -0.05) is 24.1 Å². The van der Waals surface area contributed by atoms with Gasteiger partial charge in [0.25, 0.3) is 0 Å². The van der Waals surface area contributed by atoms with Gasteiger partial charge in [-0.25, -0.2) is 4.79 Å². The molecule has 0 aliphatic carbocycles. The maximum Gasteiger partial charge on any atom is 0.339 e. The highest BCUT2D eigenvalue weighted by molar-refractivity contribution is 5.89. The Morgan fingerprint density at radius 3 is 2.62 bits per heavy atom. The van der Waals surface area contributed by atoms with E-state index in [1.807, 2.05) is 6.07 Å². The Bertz CT molecular complexity index is 322. The lowest BCUT2D eigenvalue weighted by Crippen LogP contribution is -2.12. The van der Waals surface area contributed by atoms with E-state index in [1.54, 1.807) is 31.2 Å². The second-order valence-electron chi connectivity index (χ2n) is 2.58. The molecule has 0 bridgehead atoms. The largest absolute Gasteiger partial charge is 0.446 e. The molecule has 1 aromatic carbocycles. The summed E-state index contributed by atoms with van der Waals surface area (Å²) in [6.45, 7) is 1.65. The van der Waals surface area contributed by atoms with Crippen LogP contribution in [0.15, 0.2) is 30.3 Å². The lowest BCUT2D eigenvalue weighted by Gasteiger charge is -2.06. The van der Waals surface area contributed by atoms with Crippen molar-refractivity contribution in [2.24, 2.45) is 0 Å². The quantitative estimate of drug-likeness (QED) is 0.505. The first-order valence-electron chi connectivity index (χ1n) is 3.96. The summed E-state index contributed by atoms with van der Waals surface area (Å²) < 4.78 is 4.91. The van der Waals surface area contributed by atoms with Crippen LogP contribution >= 0.6 is 0 Å². The first-order valence-corrected chi connectivity index (χ1v) is 3.96. The molecular weight excluding hydrogens is 164 g/mol. The Morgan fingerprint density at radius 1 is 1.46 bits per heavy atom. The Kier molecular flexibility index (Phi) is 3.10. The van der Waals surface area contributed by atoms with Crippen molar-refractivity contribution in [2.45, 2.75) is 13.0 Å². The summed E-state index contributed by atoms with van der Waals surface area (Å²) in [4.78, 5) is 11.3. The van der Waals surface area contributed by atoms with E-state index in [-0.39, 0.29) is 5.97 Å². The summed E-state index contributed by atoms with van der Waals surface area (Å²) in [5, 5.41) is 0. The van der Waals surface area contributed by atoms with Crippen LogP contribution < -0.4 is 0 Å². The Balaban J connectivity index is 2.66. The molecule has 0 saturated heterocycles. The van der Waals surface area contributed by atoms with E-state index in [2.05, 4.69) is 5.92 Å². The predicted octanol–water partition coefficient (Wildman–Crippen LogP) is 1.87. The van der Waals surface area contributed by atoms with Crippen LogP contribution in [0.2, 0.25) is 0 Å². The first-order chi connectivity index (χ1) is 6.24. The van der Waals surface area contributed by atoms with Crippen LogP contribution in [0.4, 0.5) is 0 Å². The number of carbonyl (C=O) groups excluding carboxylic acids is 1. The van der Waals surface area contributed by atoms with E-state index in [1.165, 1.54) is 0 Å². The standard InChI is InChI=1S/C11H10O2/c1-3-9(2)13-11(12)10-7-5-4-6-8-10/h1,4-9H,2H3/t9-/m0/s1. The van der Waals surface area contributed by atoms with Gasteiger partial charge in [-0.3, -0.25) is 0 Å². The second kappa shape index (κ2) is 4.32. The molecule has 0 heterocycles. The summed E-state index contributed by atoms with van der Waals surface area (Å²) in [6, 6.07) is 8.76. The van der Waals surface area contributed by atoms with Crippen molar-refractivity contribution in [1.82, 2.24) is 0 Å². The molecule has 0 spiro atoms. The summed E-state index contributed by atoms with van der Waals surface area (Å²) in [5.74, 6) is 1.94. The number of rotatable bonds is 2. The van der Waals surface area contributed by atoms with Crippen molar-refractivity contribution in [3.05, 3.63) is 35.9 Å². The Hall–Kier alpha value is -1.75. The van der Waals surface area contributed by atoms with E-state index < -0.39 is 6.10 Å². The highest BCUT2D eigenvalue weighted by Crippen LogP contribution is 2.02. The zero-order chi connectivity index (χ0) is 9.68. The van der Waals surface area contributed by atoms with Crippen molar-refractivity contribution in [2.75, 3.05) is 0 Å². The highest BCUT2D eigenvalue weighted by Gasteiger charge is 2.08. The number of carbonyl (C=O) groups is 1. The monoisotopic (exact) mass is 174 g/mol. The number of ether oxygens (including phenoxy) is 1. The van der Waals surface area contributed by atoms with Crippen LogP contribution in [-0.2, 0) is 4.74 Å². The van der Waals surface area contributed by atoms with Crippen molar-refractivity contribution >= 4 is 5.97 Å². The fourth-order valence-corrected chi connectivity index (χ4v) is 0.837. The normalized spacial score (nSPS) is 11.4. The van der Waals surface area contributed by atoms with Gasteiger partial charge >= 0.3 is 5.97 Å². The molecule has 66 valence electrons. The van der Waals surface area contributed by atoms with E-state index >= 15 is 0 Å². The molecule has 0 N–H and O–H groups in total. The van der Waals surface area contributed by atoms with Gasteiger partial charge in [0.05, 0.1) is 5.56 Å². The molecule has 1 aromatic rings. The van der Waals surface area contributed by atoms with Crippen LogP contribution in [0.3, 0.4) is 0 Å². The van der Waals surface area contributed by atoms with Gasteiger partial charge in [-0.15, -0.1) is 6.42 Å². The van der Waals surface area contributed by atoms with Crippen molar-refractivity contribution in [1.29, 1.82) is 0 Å². The second-order valence-corrected chi connectivity index (χ2v) is 2.58. The molecule has 0 aliphatic heterocycles. The average Bonchev–Trinajstić information content (AvgIpc) is 2.19. The molecule has 0 saturated carbocycles. The maximum atomic E-state index is 11.3. The van der Waals surface area contributed by atoms with Gasteiger partial charge in [0.15, 0.2) is 6.10 Å². The fourth-order valence-electron chi connectivity index (χ4n) is 0.837. The van der Waals surface area contributed by atoms with Gasteiger partial charge in [0.2, 0.25) is 0 Å². The van der Waals surface area contributed by atoms with Crippen molar-refractivity contribution in [3.63, 3.8) is 0 Å². The summed E-state index contributed by atoms with van der Waals surface area (Å²) in [5.41, 5.74) is 0.518. The molecule has 1 atom stereocenters. The predicted molar refractivity (Wildman–Crippen MR) is 50.2 cm³/mol. The van der Waals surface area contributed by atoms with Gasteiger partial charge in [0.1, 0.15) is 0 Å². The smallest absolute Gasteiger partial charge is 0.339 e. The number of terminal acetylenes is 1. The van der Waals surface area contributed by atoms with E-state index in [9.17, 15) is 4.79 Å². The third-order valence-electron chi connectivity index (χ3n) is 1.53. The van der Waals surface area contributed by atoms with Gasteiger partial charge in [-0.2, -0.15) is 0 Å². The number of hydrogen-bond acceptors (Lipinski definition) is 2. The van der Waals surface area contributed by atoms with Gasteiger partial charge in [-0.05, 0) is 19.1 Å². The molecule has 2 nitrogen and oxygen atoms in total. The van der Waals surface area contributed by atoms with E-state index in [4.69, 9.17) is 11.2 Å². The van der Waals surface area contributed by atoms with Crippen molar-refractivity contribution in [3.8, 4) is 12.3 Å². The summed E-state index contributed by atoms with van der Waals surface area (Å²) >= 11 is 0. The molecule has 13 heavy (non-hydrogen) atoms. The Morgan fingerprint density at radius 2 is 2.08 bits per heavy atom. The third kappa shape index (κ3) is 2.64. The van der Waals surface area contributed by atoms with Crippen molar-refractivity contribution < 1.29 is 9.53 Å². The summed E-state index contributed by atoms with van der Waals surface area (Å²) in [6.07, 6.45) is 4.59. The number of benzene rings is 1. The molecule has 0 aliphatic rings. The van der Waals surface area contributed by atoms with E-state index in [0.717, 1.165) is 0 Å². The Labute approximate surface area is 77.5 Å². The molecule has 0 unspecified atom stereocenters. The molecule has 1 rings (SSSR count). The summed E-state index contributed by atoms with van der Waals surface area (Å²) in [7, 11) is 0. The lowest BCUT2D eigenvalue weighted by atomic mass is 10.2. The molecule has 0 fully saturated rings. The minimum Gasteiger partial charge on any atom is -0.446 e. The van der Waals surface area contributed by atoms with Crippen LogP contribution in [0.5, 0.6) is 0 Å². The maximum absolute atomic E-state index is 11.3. The van der Waals surface area contributed by atoms with E-state index in [0.29, 0.717) is 5.56 Å². The van der Waals surface area contributed by atoms with Crippen LogP contribution in [0, 0.1) is 12.3 Å². The van der Waals surface area contributed by atoms with Crippen LogP contribution in [-0.4, -0.2) is 12.1 Å². The third-order valence-corrected chi connectivity index (χ3v) is 1.53. The fraction of sp³-hybridized carbons (Fsp3) is 0.182. The molecule has 0 aromatic heterocycles. The number of esters is 1. The molecule has 2 heteroatoms. The SMILES string of the molecule is C#C[C@H](C)OC(=O)c1ccccc1. The zero-order valence-corrected chi connectivity index (χ0v) is 7.36. The highest BCUT2D eigenvalue weighted by atomic mass is 16.5. The average molecular weight is 174 g/mol. The molecule has 0 radical (unpaired) electrons. The minimum atomic E-state index is -0.479.